The molecule has 120 valence electrons. The zero-order valence-electron chi connectivity index (χ0n) is 13.4. The summed E-state index contributed by atoms with van der Waals surface area (Å²) < 4.78 is 0. The number of likely N-dealkylation sites (tertiary alicyclic amines) is 1. The summed E-state index contributed by atoms with van der Waals surface area (Å²) in [6, 6.07) is 1.96. The Morgan fingerprint density at radius 1 is 1.32 bits per heavy atom. The van der Waals surface area contributed by atoms with Crippen molar-refractivity contribution in [3.8, 4) is 0 Å². The number of likely N-dealkylation sites (N-methyl/N-ethyl adjacent to an activating group) is 1. The number of amides is 1. The number of aromatic nitrogens is 1. The van der Waals surface area contributed by atoms with Crippen molar-refractivity contribution in [3.05, 3.63) is 29.6 Å². The van der Waals surface area contributed by atoms with Crippen LogP contribution in [0.4, 0.5) is 0 Å². The standard InChI is InChI=1S/C17H25N3O2/c1-12-9-13(11-18-10-12)17(22)19(2)14-5-6-15(16(14)21)20-7-3-4-8-20/h9-11,14-16,21H,3-8H2,1-2H3/t14-,15-,16-/m1/s1. The molecule has 2 aliphatic rings. The molecule has 1 saturated heterocycles. The fourth-order valence-electron chi connectivity index (χ4n) is 3.86. The predicted molar refractivity (Wildman–Crippen MR) is 84.7 cm³/mol. The molecule has 1 aliphatic carbocycles. The van der Waals surface area contributed by atoms with E-state index in [1.165, 1.54) is 12.8 Å². The normalized spacial score (nSPS) is 29.0. The first-order valence-corrected chi connectivity index (χ1v) is 8.19. The van der Waals surface area contributed by atoms with Crippen LogP contribution in [0.2, 0.25) is 0 Å². The monoisotopic (exact) mass is 303 g/mol. The number of nitrogens with zero attached hydrogens (tertiary/aromatic N) is 3. The van der Waals surface area contributed by atoms with E-state index in [0.29, 0.717) is 5.56 Å². The topological polar surface area (TPSA) is 56.7 Å². The fourth-order valence-corrected chi connectivity index (χ4v) is 3.86. The minimum absolute atomic E-state index is 0.0534. The van der Waals surface area contributed by atoms with Gasteiger partial charge in [-0.2, -0.15) is 0 Å². The van der Waals surface area contributed by atoms with Crippen molar-refractivity contribution in [2.45, 2.75) is 50.8 Å². The Labute approximate surface area is 131 Å². The first-order chi connectivity index (χ1) is 10.6. The van der Waals surface area contributed by atoms with E-state index in [1.807, 2.05) is 13.0 Å². The molecule has 1 aromatic rings. The molecular formula is C17H25N3O2. The van der Waals surface area contributed by atoms with Gasteiger partial charge in [-0.25, -0.2) is 0 Å². The summed E-state index contributed by atoms with van der Waals surface area (Å²) in [6.07, 6.45) is 7.16. The van der Waals surface area contributed by atoms with E-state index in [1.54, 1.807) is 24.3 Å². The van der Waals surface area contributed by atoms with Crippen molar-refractivity contribution in [2.24, 2.45) is 0 Å². The minimum Gasteiger partial charge on any atom is -0.389 e. The van der Waals surface area contributed by atoms with Gasteiger partial charge in [-0.15, -0.1) is 0 Å². The van der Waals surface area contributed by atoms with Crippen molar-refractivity contribution in [1.82, 2.24) is 14.8 Å². The number of pyridine rings is 1. The third-order valence-corrected chi connectivity index (χ3v) is 5.10. The second-order valence-corrected chi connectivity index (χ2v) is 6.61. The highest BCUT2D eigenvalue weighted by molar-refractivity contribution is 5.94. The van der Waals surface area contributed by atoms with E-state index in [0.717, 1.165) is 31.5 Å². The van der Waals surface area contributed by atoms with Crippen molar-refractivity contribution >= 4 is 5.91 Å². The number of aliphatic hydroxyl groups excluding tert-OH is 1. The molecule has 1 N–H and O–H groups in total. The lowest BCUT2D eigenvalue weighted by molar-refractivity contribution is 0.0296. The molecule has 1 amide bonds. The Morgan fingerprint density at radius 3 is 2.73 bits per heavy atom. The first-order valence-electron chi connectivity index (χ1n) is 8.19. The summed E-state index contributed by atoms with van der Waals surface area (Å²) in [5, 5.41) is 10.7. The SMILES string of the molecule is Cc1cncc(C(=O)N(C)[C@@H]2CC[C@@H](N3CCCC3)[C@@H]2O)c1. The van der Waals surface area contributed by atoms with Gasteiger partial charge in [0, 0.05) is 25.5 Å². The van der Waals surface area contributed by atoms with Gasteiger partial charge < -0.3 is 10.0 Å². The molecule has 2 heterocycles. The summed E-state index contributed by atoms with van der Waals surface area (Å²) in [4.78, 5) is 20.8. The van der Waals surface area contributed by atoms with Crippen LogP contribution in [0.15, 0.2) is 18.5 Å². The summed E-state index contributed by atoms with van der Waals surface area (Å²) in [7, 11) is 1.80. The zero-order valence-corrected chi connectivity index (χ0v) is 13.4. The molecule has 1 aromatic heterocycles. The van der Waals surface area contributed by atoms with Gasteiger partial charge in [0.25, 0.3) is 5.91 Å². The number of aryl methyl sites for hydroxylation is 1. The Morgan fingerprint density at radius 2 is 2.05 bits per heavy atom. The second-order valence-electron chi connectivity index (χ2n) is 6.61. The summed E-state index contributed by atoms with van der Waals surface area (Å²) in [5.41, 5.74) is 1.57. The molecule has 22 heavy (non-hydrogen) atoms. The molecule has 5 heteroatoms. The number of aliphatic hydroxyl groups is 1. The highest BCUT2D eigenvalue weighted by Crippen LogP contribution is 2.30. The summed E-state index contributed by atoms with van der Waals surface area (Å²) in [5.74, 6) is -0.0534. The Hall–Kier alpha value is -1.46. The lowest BCUT2D eigenvalue weighted by Gasteiger charge is -2.32. The average Bonchev–Trinajstić information content (AvgIpc) is 3.15. The lowest BCUT2D eigenvalue weighted by atomic mass is 10.1. The van der Waals surface area contributed by atoms with Crippen LogP contribution in [0.25, 0.3) is 0 Å². The van der Waals surface area contributed by atoms with Gasteiger partial charge in [-0.05, 0) is 57.3 Å². The van der Waals surface area contributed by atoms with Gasteiger partial charge in [0.2, 0.25) is 0 Å². The Balaban J connectivity index is 1.69. The molecule has 0 bridgehead atoms. The number of hydrogen-bond donors (Lipinski definition) is 1. The molecule has 3 atom stereocenters. The highest BCUT2D eigenvalue weighted by atomic mass is 16.3. The predicted octanol–water partition coefficient (Wildman–Crippen LogP) is 1.45. The van der Waals surface area contributed by atoms with Crippen LogP contribution in [-0.2, 0) is 0 Å². The Kier molecular flexibility index (Phi) is 4.45. The maximum atomic E-state index is 12.6. The van der Waals surface area contributed by atoms with Crippen molar-refractivity contribution < 1.29 is 9.90 Å². The zero-order chi connectivity index (χ0) is 15.7. The number of carbonyl (C=O) groups excluding carboxylic acids is 1. The van der Waals surface area contributed by atoms with Crippen molar-refractivity contribution in [2.75, 3.05) is 20.1 Å². The molecule has 0 aromatic carbocycles. The number of rotatable bonds is 3. The van der Waals surface area contributed by atoms with Crippen molar-refractivity contribution in [1.29, 1.82) is 0 Å². The smallest absolute Gasteiger partial charge is 0.255 e. The average molecular weight is 303 g/mol. The number of carbonyl (C=O) groups is 1. The summed E-state index contributed by atoms with van der Waals surface area (Å²) in [6.45, 7) is 4.08. The van der Waals surface area contributed by atoms with Gasteiger partial charge in [0.15, 0.2) is 0 Å². The molecule has 5 nitrogen and oxygen atoms in total. The van der Waals surface area contributed by atoms with Gasteiger partial charge in [-0.1, -0.05) is 0 Å². The van der Waals surface area contributed by atoms with Crippen LogP contribution in [0.1, 0.15) is 41.6 Å². The second kappa shape index (κ2) is 6.34. The lowest BCUT2D eigenvalue weighted by Crippen LogP contribution is -2.48. The molecule has 3 rings (SSSR count). The molecule has 2 fully saturated rings. The third kappa shape index (κ3) is 2.88. The quantitative estimate of drug-likeness (QED) is 0.918. The molecule has 1 aliphatic heterocycles. The Bertz CT molecular complexity index is 542. The van der Waals surface area contributed by atoms with E-state index in [4.69, 9.17) is 0 Å². The molecule has 0 radical (unpaired) electrons. The van der Waals surface area contributed by atoms with E-state index in [9.17, 15) is 9.90 Å². The minimum atomic E-state index is -0.454. The van der Waals surface area contributed by atoms with E-state index in [-0.39, 0.29) is 18.0 Å². The van der Waals surface area contributed by atoms with Gasteiger partial charge in [0.1, 0.15) is 0 Å². The van der Waals surface area contributed by atoms with Gasteiger partial charge in [-0.3, -0.25) is 14.7 Å². The maximum absolute atomic E-state index is 12.6. The van der Waals surface area contributed by atoms with Crippen LogP contribution in [0.5, 0.6) is 0 Å². The van der Waals surface area contributed by atoms with Crippen LogP contribution in [0, 0.1) is 6.92 Å². The molecule has 0 unspecified atom stereocenters. The molecule has 1 saturated carbocycles. The maximum Gasteiger partial charge on any atom is 0.255 e. The largest absolute Gasteiger partial charge is 0.389 e. The highest BCUT2D eigenvalue weighted by Gasteiger charge is 2.42. The van der Waals surface area contributed by atoms with E-state index in [2.05, 4.69) is 9.88 Å². The van der Waals surface area contributed by atoms with E-state index < -0.39 is 6.10 Å². The fraction of sp³-hybridized carbons (Fsp3) is 0.647. The van der Waals surface area contributed by atoms with Crippen molar-refractivity contribution in [3.63, 3.8) is 0 Å². The van der Waals surface area contributed by atoms with Crippen LogP contribution in [-0.4, -0.2) is 64.1 Å². The molecular weight excluding hydrogens is 278 g/mol. The third-order valence-electron chi connectivity index (χ3n) is 5.10. The molecule has 0 spiro atoms. The van der Waals surface area contributed by atoms with E-state index >= 15 is 0 Å². The van der Waals surface area contributed by atoms with Crippen LogP contribution >= 0.6 is 0 Å². The van der Waals surface area contributed by atoms with Gasteiger partial charge >= 0.3 is 0 Å². The number of hydrogen-bond acceptors (Lipinski definition) is 4. The van der Waals surface area contributed by atoms with Crippen LogP contribution in [0.3, 0.4) is 0 Å². The van der Waals surface area contributed by atoms with Crippen LogP contribution < -0.4 is 0 Å². The van der Waals surface area contributed by atoms with Gasteiger partial charge in [0.05, 0.1) is 17.7 Å². The summed E-state index contributed by atoms with van der Waals surface area (Å²) >= 11 is 0. The first kappa shape index (κ1) is 15.4.